The molecule has 0 saturated heterocycles. The first-order chi connectivity index (χ1) is 12.0. The molecule has 25 heavy (non-hydrogen) atoms. The van der Waals surface area contributed by atoms with Crippen LogP contribution in [0, 0.1) is 0 Å². The number of oxime groups is 1. The average Bonchev–Trinajstić information content (AvgIpc) is 3.04. The second-order valence-electron chi connectivity index (χ2n) is 5.34. The van der Waals surface area contributed by atoms with Gasteiger partial charge in [0.2, 0.25) is 0 Å². The number of anilines is 1. The summed E-state index contributed by atoms with van der Waals surface area (Å²) in [4.78, 5) is 15.8. The largest absolute Gasteiger partial charge is 0.394 e. The third-order valence-electron chi connectivity index (χ3n) is 3.71. The van der Waals surface area contributed by atoms with Crippen LogP contribution in [-0.4, -0.2) is 23.1 Å². The highest BCUT2D eigenvalue weighted by molar-refractivity contribution is 6.54. The SMILES string of the molecule is O=C(Nc1cccc([C@H]2CON=C2c2c(Cl)cccc2Cl)c1)C(Cl)Cl. The van der Waals surface area contributed by atoms with Crippen molar-refractivity contribution in [3.8, 4) is 0 Å². The van der Waals surface area contributed by atoms with E-state index < -0.39 is 10.7 Å². The van der Waals surface area contributed by atoms with Crippen molar-refractivity contribution in [2.24, 2.45) is 5.16 Å². The van der Waals surface area contributed by atoms with E-state index in [1.54, 1.807) is 24.3 Å². The van der Waals surface area contributed by atoms with E-state index in [4.69, 9.17) is 51.2 Å². The fourth-order valence-corrected chi connectivity index (χ4v) is 3.27. The number of hydrogen-bond acceptors (Lipinski definition) is 3. The van der Waals surface area contributed by atoms with E-state index in [1.807, 2.05) is 18.2 Å². The number of rotatable bonds is 4. The maximum absolute atomic E-state index is 11.7. The summed E-state index contributed by atoms with van der Waals surface area (Å²) in [6, 6.07) is 12.5. The molecule has 0 aliphatic carbocycles. The van der Waals surface area contributed by atoms with Crippen LogP contribution in [0.5, 0.6) is 0 Å². The molecule has 0 bridgehead atoms. The molecule has 0 unspecified atom stereocenters. The molecule has 0 fully saturated rings. The predicted octanol–water partition coefficient (Wildman–Crippen LogP) is 5.25. The normalized spacial score (nSPS) is 16.5. The van der Waals surface area contributed by atoms with Crippen LogP contribution in [0.1, 0.15) is 17.0 Å². The Labute approximate surface area is 164 Å². The highest BCUT2D eigenvalue weighted by Gasteiger charge is 2.29. The molecule has 0 radical (unpaired) electrons. The Hall–Kier alpha value is -1.46. The van der Waals surface area contributed by atoms with Crippen molar-refractivity contribution in [1.29, 1.82) is 0 Å². The molecule has 3 rings (SSSR count). The van der Waals surface area contributed by atoms with Gasteiger partial charge < -0.3 is 10.2 Å². The maximum Gasteiger partial charge on any atom is 0.257 e. The Kier molecular flexibility index (Phi) is 5.74. The first kappa shape index (κ1) is 18.3. The zero-order valence-electron chi connectivity index (χ0n) is 12.7. The molecule has 8 heteroatoms. The molecular formula is C17H12Cl4N2O2. The van der Waals surface area contributed by atoms with Gasteiger partial charge in [-0.25, -0.2) is 0 Å². The molecule has 1 aliphatic heterocycles. The third-order valence-corrected chi connectivity index (χ3v) is 4.73. The van der Waals surface area contributed by atoms with Crippen LogP contribution in [0.2, 0.25) is 10.0 Å². The van der Waals surface area contributed by atoms with Gasteiger partial charge in [-0.3, -0.25) is 4.79 Å². The van der Waals surface area contributed by atoms with Crippen molar-refractivity contribution in [1.82, 2.24) is 0 Å². The minimum atomic E-state index is -1.14. The fraction of sp³-hybridized carbons (Fsp3) is 0.176. The number of nitrogens with one attached hydrogen (secondary N) is 1. The number of carbonyl (C=O) groups is 1. The maximum atomic E-state index is 11.7. The summed E-state index contributed by atoms with van der Waals surface area (Å²) in [6.45, 7) is 0.349. The molecule has 1 N–H and O–H groups in total. The van der Waals surface area contributed by atoms with Gasteiger partial charge in [-0.2, -0.15) is 0 Å². The van der Waals surface area contributed by atoms with Gasteiger partial charge in [0, 0.05) is 11.3 Å². The van der Waals surface area contributed by atoms with Gasteiger partial charge in [-0.1, -0.05) is 69.8 Å². The number of nitrogens with zero attached hydrogens (tertiary/aromatic N) is 1. The second-order valence-corrected chi connectivity index (χ2v) is 7.25. The number of carbonyl (C=O) groups excluding carboxylic acids is 1. The molecule has 1 atom stereocenters. The number of benzene rings is 2. The molecule has 2 aromatic carbocycles. The Balaban J connectivity index is 1.92. The van der Waals surface area contributed by atoms with Crippen molar-refractivity contribution in [2.75, 3.05) is 11.9 Å². The van der Waals surface area contributed by atoms with Crippen molar-refractivity contribution in [3.05, 3.63) is 63.6 Å². The Morgan fingerprint density at radius 2 is 1.84 bits per heavy atom. The number of alkyl halides is 2. The quantitative estimate of drug-likeness (QED) is 0.690. The molecule has 0 aromatic heterocycles. The molecule has 0 saturated carbocycles. The van der Waals surface area contributed by atoms with E-state index in [1.165, 1.54) is 0 Å². The van der Waals surface area contributed by atoms with Gasteiger partial charge in [-0.15, -0.1) is 0 Å². The van der Waals surface area contributed by atoms with Gasteiger partial charge in [0.1, 0.15) is 12.3 Å². The Bertz CT molecular complexity index is 819. The molecule has 1 heterocycles. The molecular weight excluding hydrogens is 406 g/mol. The van der Waals surface area contributed by atoms with Gasteiger partial charge in [-0.05, 0) is 29.8 Å². The lowest BCUT2D eigenvalue weighted by Crippen LogP contribution is -2.19. The van der Waals surface area contributed by atoms with Crippen molar-refractivity contribution >= 4 is 63.7 Å². The van der Waals surface area contributed by atoms with Crippen molar-refractivity contribution < 1.29 is 9.63 Å². The van der Waals surface area contributed by atoms with E-state index in [2.05, 4.69) is 10.5 Å². The highest BCUT2D eigenvalue weighted by atomic mass is 35.5. The average molecular weight is 418 g/mol. The van der Waals surface area contributed by atoms with Crippen LogP contribution in [0.4, 0.5) is 5.69 Å². The van der Waals surface area contributed by atoms with Gasteiger partial charge in [0.25, 0.3) is 5.91 Å². The standard InChI is InChI=1S/C17H12Cl4N2O2/c18-12-5-2-6-13(19)14(12)15-11(8-25-23-15)9-3-1-4-10(7-9)22-17(24)16(20)21/h1-7,11,16H,8H2,(H,22,24)/t11-/m1/s1. The molecule has 4 nitrogen and oxygen atoms in total. The topological polar surface area (TPSA) is 50.7 Å². The summed E-state index contributed by atoms with van der Waals surface area (Å²) in [6.07, 6.45) is 0. The zero-order chi connectivity index (χ0) is 18.0. The van der Waals surface area contributed by atoms with Crippen LogP contribution < -0.4 is 5.32 Å². The van der Waals surface area contributed by atoms with Gasteiger partial charge >= 0.3 is 0 Å². The third kappa shape index (κ3) is 4.04. The summed E-state index contributed by atoms with van der Waals surface area (Å²) in [5.41, 5.74) is 2.76. The van der Waals surface area contributed by atoms with Crippen molar-refractivity contribution in [3.63, 3.8) is 0 Å². The minimum Gasteiger partial charge on any atom is -0.394 e. The summed E-state index contributed by atoms with van der Waals surface area (Å²) >= 11 is 23.7. The number of amides is 1. The summed E-state index contributed by atoms with van der Waals surface area (Å²) in [5, 5.41) is 7.77. The predicted molar refractivity (Wildman–Crippen MR) is 102 cm³/mol. The van der Waals surface area contributed by atoms with E-state index >= 15 is 0 Å². The molecule has 2 aromatic rings. The van der Waals surface area contributed by atoms with E-state index in [9.17, 15) is 4.79 Å². The van der Waals surface area contributed by atoms with Crippen LogP contribution >= 0.6 is 46.4 Å². The Morgan fingerprint density at radius 1 is 1.16 bits per heavy atom. The molecule has 130 valence electrons. The number of halogens is 4. The van der Waals surface area contributed by atoms with E-state index in [0.717, 1.165) is 5.56 Å². The highest BCUT2D eigenvalue weighted by Crippen LogP contribution is 2.34. The zero-order valence-corrected chi connectivity index (χ0v) is 15.7. The lowest BCUT2D eigenvalue weighted by molar-refractivity contribution is -0.114. The summed E-state index contributed by atoms with van der Waals surface area (Å²) in [5.74, 6) is -0.664. The van der Waals surface area contributed by atoms with Crippen molar-refractivity contribution in [2.45, 2.75) is 10.8 Å². The van der Waals surface area contributed by atoms with Crippen LogP contribution in [-0.2, 0) is 9.63 Å². The summed E-state index contributed by atoms with van der Waals surface area (Å²) in [7, 11) is 0. The fourth-order valence-electron chi connectivity index (χ4n) is 2.57. The lowest BCUT2D eigenvalue weighted by atomic mass is 9.90. The molecule has 1 aliphatic rings. The van der Waals surface area contributed by atoms with Crippen LogP contribution in [0.15, 0.2) is 47.6 Å². The molecule has 1 amide bonds. The molecule has 0 spiro atoms. The summed E-state index contributed by atoms with van der Waals surface area (Å²) < 4.78 is 0. The first-order valence-corrected chi connectivity index (χ1v) is 8.93. The lowest BCUT2D eigenvalue weighted by Gasteiger charge is -2.15. The number of hydrogen-bond donors (Lipinski definition) is 1. The Morgan fingerprint density at radius 3 is 2.52 bits per heavy atom. The second kappa shape index (κ2) is 7.83. The van der Waals surface area contributed by atoms with E-state index in [0.29, 0.717) is 33.6 Å². The first-order valence-electron chi connectivity index (χ1n) is 7.30. The van der Waals surface area contributed by atoms with E-state index in [-0.39, 0.29) is 5.92 Å². The smallest absolute Gasteiger partial charge is 0.257 e. The van der Waals surface area contributed by atoms with Crippen LogP contribution in [0.25, 0.3) is 0 Å². The minimum absolute atomic E-state index is 0.169. The van der Waals surface area contributed by atoms with Gasteiger partial charge in [0.15, 0.2) is 4.84 Å². The monoisotopic (exact) mass is 416 g/mol. The van der Waals surface area contributed by atoms with Gasteiger partial charge in [0.05, 0.1) is 16.0 Å². The van der Waals surface area contributed by atoms with Crippen LogP contribution in [0.3, 0.4) is 0 Å².